The Balaban J connectivity index is 1.99. The molecule has 10 heteroatoms. The van der Waals surface area contributed by atoms with Gasteiger partial charge in [-0.1, -0.05) is 59.1 Å². The topological polar surface area (TPSA) is 95.9 Å². The molecule has 0 aliphatic heterocycles. The van der Waals surface area contributed by atoms with Gasteiger partial charge < -0.3 is 10.5 Å². The fraction of sp³-hybridized carbons (Fsp3) is 0.125. The molecule has 0 spiro atoms. The van der Waals surface area contributed by atoms with Crippen LogP contribution >= 0.6 is 34.8 Å². The molecule has 2 aromatic carbocycles. The number of carbonyl (C=O) groups is 1. The first-order valence-corrected chi connectivity index (χ1v) is 8.52. The van der Waals surface area contributed by atoms with Gasteiger partial charge in [-0.2, -0.15) is 0 Å². The van der Waals surface area contributed by atoms with E-state index in [1.165, 1.54) is 4.68 Å². The Morgan fingerprint density at radius 3 is 2.58 bits per heavy atom. The second kappa shape index (κ2) is 7.90. The van der Waals surface area contributed by atoms with Crippen LogP contribution in [0.2, 0.25) is 15.1 Å². The number of aromatic nitrogens is 4. The summed E-state index contributed by atoms with van der Waals surface area (Å²) in [4.78, 5) is 11.3. The van der Waals surface area contributed by atoms with Gasteiger partial charge >= 0.3 is 6.09 Å². The van der Waals surface area contributed by atoms with E-state index in [-0.39, 0.29) is 6.54 Å². The third kappa shape index (κ3) is 3.90. The summed E-state index contributed by atoms with van der Waals surface area (Å²) in [6.07, 6.45) is -1.73. The van der Waals surface area contributed by atoms with Crippen molar-refractivity contribution in [1.82, 2.24) is 20.2 Å². The number of hydrogen-bond donors (Lipinski definition) is 1. The third-order valence-electron chi connectivity index (χ3n) is 3.57. The van der Waals surface area contributed by atoms with Gasteiger partial charge in [0.2, 0.25) is 0 Å². The van der Waals surface area contributed by atoms with Gasteiger partial charge in [-0.05, 0) is 28.6 Å². The molecule has 0 radical (unpaired) electrons. The quantitative estimate of drug-likeness (QED) is 0.679. The number of amides is 1. The fourth-order valence-electron chi connectivity index (χ4n) is 2.43. The number of carbonyl (C=O) groups excluding carboxylic acids is 1. The van der Waals surface area contributed by atoms with Gasteiger partial charge in [0.25, 0.3) is 0 Å². The Bertz CT molecular complexity index is 947. The highest BCUT2D eigenvalue weighted by atomic mass is 35.5. The van der Waals surface area contributed by atoms with Gasteiger partial charge in [0.15, 0.2) is 5.82 Å². The summed E-state index contributed by atoms with van der Waals surface area (Å²) in [6.45, 7) is 0.0812. The maximum Gasteiger partial charge on any atom is 0.405 e. The van der Waals surface area contributed by atoms with Gasteiger partial charge in [-0.15, -0.1) is 5.10 Å². The number of rotatable bonds is 5. The third-order valence-corrected chi connectivity index (χ3v) is 4.74. The van der Waals surface area contributed by atoms with Crippen molar-refractivity contribution in [1.29, 1.82) is 0 Å². The normalized spacial score (nSPS) is 12.0. The molecular weight excluding hydrogens is 401 g/mol. The van der Waals surface area contributed by atoms with Crippen molar-refractivity contribution < 1.29 is 9.53 Å². The summed E-state index contributed by atoms with van der Waals surface area (Å²) < 4.78 is 6.65. The second-order valence-electron chi connectivity index (χ2n) is 5.23. The molecule has 7 nitrogen and oxygen atoms in total. The lowest BCUT2D eigenvalue weighted by molar-refractivity contribution is 0.0934. The highest BCUT2D eigenvalue weighted by Crippen LogP contribution is 2.33. The summed E-state index contributed by atoms with van der Waals surface area (Å²) in [5, 5.41) is 12.7. The Kier molecular flexibility index (Phi) is 5.61. The number of tetrazole rings is 1. The monoisotopic (exact) mass is 411 g/mol. The van der Waals surface area contributed by atoms with Crippen LogP contribution in [0, 0.1) is 0 Å². The number of benzene rings is 2. The van der Waals surface area contributed by atoms with Crippen LogP contribution in [0.4, 0.5) is 4.79 Å². The van der Waals surface area contributed by atoms with E-state index >= 15 is 0 Å². The number of halogens is 3. The zero-order valence-corrected chi connectivity index (χ0v) is 15.4. The van der Waals surface area contributed by atoms with Crippen molar-refractivity contribution in [2.45, 2.75) is 12.6 Å². The molecule has 3 aromatic rings. The van der Waals surface area contributed by atoms with E-state index in [4.69, 9.17) is 45.3 Å². The molecule has 1 amide bonds. The van der Waals surface area contributed by atoms with Crippen molar-refractivity contribution in [3.63, 3.8) is 0 Å². The number of ether oxygens (including phenoxy) is 1. The van der Waals surface area contributed by atoms with Crippen LogP contribution in [-0.2, 0) is 11.3 Å². The molecule has 26 heavy (non-hydrogen) atoms. The second-order valence-corrected chi connectivity index (χ2v) is 6.43. The van der Waals surface area contributed by atoms with E-state index in [1.54, 1.807) is 42.5 Å². The maximum absolute atomic E-state index is 11.3. The minimum Gasteiger partial charge on any atom is -0.439 e. The summed E-state index contributed by atoms with van der Waals surface area (Å²) in [6, 6.07) is 12.1. The van der Waals surface area contributed by atoms with E-state index in [0.717, 1.165) is 0 Å². The lowest BCUT2D eigenvalue weighted by atomic mass is 10.1. The van der Waals surface area contributed by atoms with Crippen molar-refractivity contribution >= 4 is 40.9 Å². The lowest BCUT2D eigenvalue weighted by Gasteiger charge is -2.18. The van der Waals surface area contributed by atoms with Crippen LogP contribution in [0.1, 0.15) is 11.7 Å². The smallest absolute Gasteiger partial charge is 0.405 e. The maximum atomic E-state index is 11.3. The van der Waals surface area contributed by atoms with Crippen molar-refractivity contribution in [3.8, 4) is 11.4 Å². The van der Waals surface area contributed by atoms with Crippen LogP contribution in [0.15, 0.2) is 42.5 Å². The molecule has 0 aliphatic carbocycles. The van der Waals surface area contributed by atoms with E-state index < -0.39 is 12.2 Å². The largest absolute Gasteiger partial charge is 0.439 e. The van der Waals surface area contributed by atoms with Gasteiger partial charge in [-0.25, -0.2) is 9.48 Å². The van der Waals surface area contributed by atoms with E-state index in [1.807, 2.05) is 0 Å². The Hall–Kier alpha value is -2.35. The molecule has 1 heterocycles. The molecule has 0 fully saturated rings. The molecule has 0 saturated heterocycles. The average Bonchev–Trinajstić information content (AvgIpc) is 3.05. The van der Waals surface area contributed by atoms with Crippen LogP contribution in [0.3, 0.4) is 0 Å². The Morgan fingerprint density at radius 2 is 1.85 bits per heavy atom. The first-order valence-electron chi connectivity index (χ1n) is 7.38. The van der Waals surface area contributed by atoms with Crippen molar-refractivity contribution in [3.05, 3.63) is 63.1 Å². The molecule has 0 bridgehead atoms. The van der Waals surface area contributed by atoms with Crippen molar-refractivity contribution in [2.24, 2.45) is 5.73 Å². The van der Waals surface area contributed by atoms with Gasteiger partial charge in [-0.3, -0.25) is 0 Å². The molecule has 134 valence electrons. The standard InChI is InChI=1S/C16H12Cl3N5O2/c17-11-6-2-1-4-9(11)13(26-16(20)25)8-24-15(21-22-23-24)10-5-3-7-12(18)14(10)19/h1-7,13H,8H2,(H2,20,25). The molecule has 0 saturated carbocycles. The average molecular weight is 413 g/mol. The molecule has 0 aliphatic rings. The van der Waals surface area contributed by atoms with E-state index in [0.29, 0.717) is 32.0 Å². The summed E-state index contributed by atoms with van der Waals surface area (Å²) in [5.41, 5.74) is 6.32. The van der Waals surface area contributed by atoms with Crippen LogP contribution in [0.25, 0.3) is 11.4 Å². The molecular formula is C16H12Cl3N5O2. The highest BCUT2D eigenvalue weighted by molar-refractivity contribution is 6.43. The highest BCUT2D eigenvalue weighted by Gasteiger charge is 2.23. The predicted octanol–water partition coefficient (Wildman–Crippen LogP) is 4.14. The zero-order chi connectivity index (χ0) is 18.7. The Morgan fingerprint density at radius 1 is 1.12 bits per heavy atom. The molecule has 3 rings (SSSR count). The minimum absolute atomic E-state index is 0.0812. The summed E-state index contributed by atoms with van der Waals surface area (Å²) >= 11 is 18.5. The summed E-state index contributed by atoms with van der Waals surface area (Å²) in [5.74, 6) is 0.364. The van der Waals surface area contributed by atoms with Gasteiger partial charge in [0.05, 0.1) is 16.6 Å². The zero-order valence-electron chi connectivity index (χ0n) is 13.1. The number of nitrogens with zero attached hydrogens (tertiary/aromatic N) is 4. The molecule has 1 atom stereocenters. The lowest BCUT2D eigenvalue weighted by Crippen LogP contribution is -2.22. The number of primary amides is 1. The predicted molar refractivity (Wildman–Crippen MR) is 98.1 cm³/mol. The van der Waals surface area contributed by atoms with Gasteiger partial charge in [0.1, 0.15) is 6.10 Å². The first kappa shape index (κ1) is 18.4. The van der Waals surface area contributed by atoms with E-state index in [2.05, 4.69) is 15.5 Å². The number of nitrogens with two attached hydrogens (primary N) is 1. The van der Waals surface area contributed by atoms with Crippen LogP contribution in [0.5, 0.6) is 0 Å². The minimum atomic E-state index is -0.940. The van der Waals surface area contributed by atoms with Crippen LogP contribution in [-0.4, -0.2) is 26.3 Å². The SMILES string of the molecule is NC(=O)OC(Cn1nnnc1-c1cccc(Cl)c1Cl)c1ccccc1Cl. The first-order chi connectivity index (χ1) is 12.5. The fourth-order valence-corrected chi connectivity index (χ4v) is 3.07. The summed E-state index contributed by atoms with van der Waals surface area (Å²) in [7, 11) is 0. The number of hydrogen-bond acceptors (Lipinski definition) is 5. The van der Waals surface area contributed by atoms with Crippen molar-refractivity contribution in [2.75, 3.05) is 0 Å². The van der Waals surface area contributed by atoms with E-state index in [9.17, 15) is 4.79 Å². The van der Waals surface area contributed by atoms with Gasteiger partial charge in [0, 0.05) is 16.1 Å². The molecule has 1 aromatic heterocycles. The van der Waals surface area contributed by atoms with Crippen LogP contribution < -0.4 is 5.73 Å². The Labute approximate surface area is 163 Å². The molecule has 2 N–H and O–H groups in total. The molecule has 1 unspecified atom stereocenters.